The lowest BCUT2D eigenvalue weighted by molar-refractivity contribution is -0.122. The van der Waals surface area contributed by atoms with Gasteiger partial charge in [-0.05, 0) is 23.8 Å². The second kappa shape index (κ2) is 5.88. The van der Waals surface area contributed by atoms with Crippen LogP contribution < -0.4 is 10.1 Å². The maximum absolute atomic E-state index is 12.0. The first kappa shape index (κ1) is 14.9. The van der Waals surface area contributed by atoms with Gasteiger partial charge >= 0.3 is 6.03 Å². The van der Waals surface area contributed by atoms with Crippen LogP contribution in [-0.2, 0) is 4.79 Å². The minimum Gasteiger partial charge on any atom is -0.503 e. The number of rotatable bonds is 4. The molecule has 0 radical (unpaired) electrons. The highest BCUT2D eigenvalue weighted by Crippen LogP contribution is 2.35. The number of carbonyl (C=O) groups is 2. The number of amides is 3. The molecule has 0 spiro atoms. The molecule has 21 heavy (non-hydrogen) atoms. The summed E-state index contributed by atoms with van der Waals surface area (Å²) in [5.41, 5.74) is 0.629. The van der Waals surface area contributed by atoms with E-state index in [-0.39, 0.29) is 28.8 Å². The molecule has 0 aliphatic carbocycles. The molecule has 1 aliphatic heterocycles. The largest absolute Gasteiger partial charge is 0.503 e. The Morgan fingerprint density at radius 2 is 2.19 bits per heavy atom. The van der Waals surface area contributed by atoms with E-state index >= 15 is 0 Å². The summed E-state index contributed by atoms with van der Waals surface area (Å²) < 4.78 is 4.98. The number of imide groups is 1. The van der Waals surface area contributed by atoms with Crippen molar-refractivity contribution in [3.8, 4) is 11.5 Å². The fraction of sp³-hybridized carbons (Fsp3) is 0.143. The second-order valence-electron chi connectivity index (χ2n) is 4.25. The summed E-state index contributed by atoms with van der Waals surface area (Å²) >= 11 is 5.87. The lowest BCUT2D eigenvalue weighted by atomic mass is 10.1. The van der Waals surface area contributed by atoms with Crippen LogP contribution in [0, 0.1) is 0 Å². The Morgan fingerprint density at radius 1 is 1.48 bits per heavy atom. The summed E-state index contributed by atoms with van der Waals surface area (Å²) in [7, 11) is 1.39. The van der Waals surface area contributed by atoms with Crippen molar-refractivity contribution in [2.24, 2.45) is 0 Å². The highest BCUT2D eigenvalue weighted by molar-refractivity contribution is 6.32. The van der Waals surface area contributed by atoms with Crippen molar-refractivity contribution in [2.45, 2.75) is 0 Å². The predicted molar refractivity (Wildman–Crippen MR) is 78.1 cm³/mol. The number of benzene rings is 1. The Morgan fingerprint density at radius 3 is 2.81 bits per heavy atom. The number of phenolic OH excluding ortho intramolecular Hbond substituents is 1. The van der Waals surface area contributed by atoms with Crippen molar-refractivity contribution in [1.82, 2.24) is 10.2 Å². The third-order valence-electron chi connectivity index (χ3n) is 2.86. The average molecular weight is 309 g/mol. The second-order valence-corrected chi connectivity index (χ2v) is 4.65. The van der Waals surface area contributed by atoms with Crippen LogP contribution in [0.3, 0.4) is 0 Å². The number of nitrogens with zero attached hydrogens (tertiary/aromatic N) is 1. The molecule has 0 saturated carbocycles. The van der Waals surface area contributed by atoms with Crippen molar-refractivity contribution in [3.05, 3.63) is 41.1 Å². The lowest BCUT2D eigenvalue weighted by Gasteiger charge is -2.07. The number of hydrogen-bond donors (Lipinski definition) is 2. The van der Waals surface area contributed by atoms with E-state index in [1.807, 2.05) is 0 Å². The molecule has 1 aromatic rings. The van der Waals surface area contributed by atoms with E-state index in [0.717, 1.165) is 4.90 Å². The van der Waals surface area contributed by atoms with E-state index < -0.39 is 11.9 Å². The summed E-state index contributed by atoms with van der Waals surface area (Å²) in [6.45, 7) is 3.62. The molecule has 2 N–H and O–H groups in total. The number of ether oxygens (including phenoxy) is 1. The molecule has 1 fully saturated rings. The van der Waals surface area contributed by atoms with Crippen LogP contribution in [-0.4, -0.2) is 35.6 Å². The SMILES string of the molecule is C=CCN1C(=O)N/C(=C/c2cc(Cl)c(O)c(OC)c2)C1=O. The zero-order valence-electron chi connectivity index (χ0n) is 11.2. The van der Waals surface area contributed by atoms with Crippen molar-refractivity contribution >= 4 is 29.6 Å². The van der Waals surface area contributed by atoms with E-state index in [9.17, 15) is 14.7 Å². The Kier molecular flexibility index (Phi) is 4.18. The average Bonchev–Trinajstić information content (AvgIpc) is 2.70. The molecule has 0 atom stereocenters. The van der Waals surface area contributed by atoms with E-state index in [0.29, 0.717) is 5.56 Å². The number of nitrogens with one attached hydrogen (secondary N) is 1. The van der Waals surface area contributed by atoms with E-state index in [4.69, 9.17) is 16.3 Å². The van der Waals surface area contributed by atoms with Crippen molar-refractivity contribution in [2.75, 3.05) is 13.7 Å². The fourth-order valence-electron chi connectivity index (χ4n) is 1.87. The summed E-state index contributed by atoms with van der Waals surface area (Å²) in [6.07, 6.45) is 2.91. The first-order valence-electron chi connectivity index (χ1n) is 6.00. The van der Waals surface area contributed by atoms with Gasteiger partial charge in [0, 0.05) is 6.54 Å². The Bertz CT molecular complexity index is 655. The highest BCUT2D eigenvalue weighted by atomic mass is 35.5. The van der Waals surface area contributed by atoms with Crippen LogP contribution in [0.15, 0.2) is 30.5 Å². The molecule has 110 valence electrons. The van der Waals surface area contributed by atoms with Crippen LogP contribution in [0.4, 0.5) is 4.79 Å². The molecule has 3 amide bonds. The molecule has 7 heteroatoms. The van der Waals surface area contributed by atoms with Gasteiger partial charge in [0.15, 0.2) is 11.5 Å². The summed E-state index contributed by atoms with van der Waals surface area (Å²) in [6, 6.07) is 2.45. The molecule has 0 bridgehead atoms. The van der Waals surface area contributed by atoms with Crippen LogP contribution in [0.5, 0.6) is 11.5 Å². The molecule has 0 unspecified atom stereocenters. The third-order valence-corrected chi connectivity index (χ3v) is 3.14. The Balaban J connectivity index is 2.37. The summed E-state index contributed by atoms with van der Waals surface area (Å²) in [4.78, 5) is 24.7. The predicted octanol–water partition coefficient (Wildman–Crippen LogP) is 2.13. The monoisotopic (exact) mass is 308 g/mol. The molecule has 6 nitrogen and oxygen atoms in total. The maximum atomic E-state index is 12.0. The first-order valence-corrected chi connectivity index (χ1v) is 6.37. The number of halogens is 1. The Labute approximate surface area is 126 Å². The molecule has 1 saturated heterocycles. The zero-order chi connectivity index (χ0) is 15.6. The number of hydrogen-bond acceptors (Lipinski definition) is 4. The smallest absolute Gasteiger partial charge is 0.329 e. The number of phenols is 1. The van der Waals surface area contributed by atoms with Crippen molar-refractivity contribution in [3.63, 3.8) is 0 Å². The molecule has 2 rings (SSSR count). The standard InChI is InChI=1S/C14H13ClN2O4/c1-3-4-17-13(19)10(16-14(17)20)6-8-5-9(15)12(18)11(7-8)21-2/h3,5-7,18H,1,4H2,2H3,(H,16,20)/b10-6+. The first-order chi connectivity index (χ1) is 9.97. The highest BCUT2D eigenvalue weighted by Gasteiger charge is 2.32. The normalized spacial score (nSPS) is 16.3. The van der Waals surface area contributed by atoms with E-state index in [1.54, 1.807) is 0 Å². The maximum Gasteiger partial charge on any atom is 0.329 e. The molecular weight excluding hydrogens is 296 g/mol. The Hall–Kier alpha value is -2.47. The van der Waals surface area contributed by atoms with Gasteiger partial charge in [-0.25, -0.2) is 4.79 Å². The van der Waals surface area contributed by atoms with Gasteiger partial charge in [-0.15, -0.1) is 6.58 Å². The summed E-state index contributed by atoms with van der Waals surface area (Å²) in [5, 5.41) is 12.2. The van der Waals surface area contributed by atoms with Crippen molar-refractivity contribution in [1.29, 1.82) is 0 Å². The van der Waals surface area contributed by atoms with Gasteiger partial charge in [-0.2, -0.15) is 0 Å². The van der Waals surface area contributed by atoms with Crippen LogP contribution in [0.1, 0.15) is 5.56 Å². The van der Waals surface area contributed by atoms with Crippen LogP contribution >= 0.6 is 11.6 Å². The number of methoxy groups -OCH3 is 1. The van der Waals surface area contributed by atoms with Crippen LogP contribution in [0.2, 0.25) is 5.02 Å². The zero-order valence-corrected chi connectivity index (χ0v) is 12.0. The summed E-state index contributed by atoms with van der Waals surface area (Å²) in [5.74, 6) is -0.464. The lowest BCUT2D eigenvalue weighted by Crippen LogP contribution is -2.30. The van der Waals surface area contributed by atoms with Crippen molar-refractivity contribution < 1.29 is 19.4 Å². The number of urea groups is 1. The van der Waals surface area contributed by atoms with Gasteiger partial charge < -0.3 is 15.2 Å². The van der Waals surface area contributed by atoms with Gasteiger partial charge in [-0.3, -0.25) is 9.69 Å². The molecule has 0 aromatic heterocycles. The quantitative estimate of drug-likeness (QED) is 0.507. The molecule has 1 aliphatic rings. The van der Waals surface area contributed by atoms with Crippen LogP contribution in [0.25, 0.3) is 6.08 Å². The van der Waals surface area contributed by atoms with Gasteiger partial charge in [0.2, 0.25) is 0 Å². The topological polar surface area (TPSA) is 78.9 Å². The van der Waals surface area contributed by atoms with Gasteiger partial charge in [0.05, 0.1) is 12.1 Å². The molecule has 1 heterocycles. The van der Waals surface area contributed by atoms with E-state index in [1.165, 1.54) is 31.4 Å². The van der Waals surface area contributed by atoms with Gasteiger partial charge in [0.1, 0.15) is 5.70 Å². The molecule has 1 aromatic carbocycles. The fourth-order valence-corrected chi connectivity index (χ4v) is 2.09. The minimum atomic E-state index is -0.511. The van der Waals surface area contributed by atoms with Gasteiger partial charge in [-0.1, -0.05) is 17.7 Å². The van der Waals surface area contributed by atoms with E-state index in [2.05, 4.69) is 11.9 Å². The number of aromatic hydroxyl groups is 1. The van der Waals surface area contributed by atoms with Gasteiger partial charge in [0.25, 0.3) is 5.91 Å². The molecular formula is C14H13ClN2O4. The third kappa shape index (κ3) is 2.85. The minimum absolute atomic E-state index is 0.0842. The number of carbonyl (C=O) groups excluding carboxylic acids is 2.